The molecule has 0 N–H and O–H groups in total. The van der Waals surface area contributed by atoms with Crippen LogP contribution in [0.15, 0.2) is 60.7 Å². The quantitative estimate of drug-likeness (QED) is 0.825. The van der Waals surface area contributed by atoms with Gasteiger partial charge in [0.2, 0.25) is 0 Å². The minimum atomic E-state index is 0.645. The lowest BCUT2D eigenvalue weighted by Gasteiger charge is -2.45. The molecule has 2 aromatic carbocycles. The molecule has 0 amide bonds. The SMILES string of the molecule is CN(c1ccccc1)C1CN(Cc2ccccc2)C1. The number of benzene rings is 2. The van der Waals surface area contributed by atoms with Crippen LogP contribution in [0.2, 0.25) is 0 Å². The molecular weight excluding hydrogens is 232 g/mol. The Labute approximate surface area is 115 Å². The van der Waals surface area contributed by atoms with Crippen LogP contribution in [0.25, 0.3) is 0 Å². The Hall–Kier alpha value is -1.80. The van der Waals surface area contributed by atoms with Crippen LogP contribution in [0.4, 0.5) is 5.69 Å². The maximum atomic E-state index is 2.50. The van der Waals surface area contributed by atoms with Crippen molar-refractivity contribution in [1.82, 2.24) is 4.90 Å². The molecule has 98 valence electrons. The van der Waals surface area contributed by atoms with Gasteiger partial charge < -0.3 is 4.90 Å². The van der Waals surface area contributed by atoms with Crippen molar-refractivity contribution in [2.24, 2.45) is 0 Å². The molecule has 3 rings (SSSR count). The van der Waals surface area contributed by atoms with E-state index >= 15 is 0 Å². The second-order valence-corrected chi connectivity index (χ2v) is 5.28. The Kier molecular flexibility index (Phi) is 3.51. The fraction of sp³-hybridized carbons (Fsp3) is 0.294. The lowest BCUT2D eigenvalue weighted by atomic mass is 10.1. The van der Waals surface area contributed by atoms with Crippen molar-refractivity contribution in [2.75, 3.05) is 25.0 Å². The van der Waals surface area contributed by atoms with Crippen molar-refractivity contribution in [1.29, 1.82) is 0 Å². The minimum absolute atomic E-state index is 0.645. The van der Waals surface area contributed by atoms with Gasteiger partial charge in [0.05, 0.1) is 6.04 Å². The summed E-state index contributed by atoms with van der Waals surface area (Å²) in [6, 6.07) is 22.0. The molecule has 0 unspecified atom stereocenters. The number of hydrogen-bond donors (Lipinski definition) is 0. The first-order valence-electron chi connectivity index (χ1n) is 6.87. The Morgan fingerprint density at radius 1 is 0.947 bits per heavy atom. The molecule has 1 saturated heterocycles. The average molecular weight is 252 g/mol. The van der Waals surface area contributed by atoms with Gasteiger partial charge in [-0.05, 0) is 17.7 Å². The van der Waals surface area contributed by atoms with E-state index in [-0.39, 0.29) is 0 Å². The first kappa shape index (κ1) is 12.2. The van der Waals surface area contributed by atoms with Crippen LogP contribution in [0.1, 0.15) is 5.56 Å². The van der Waals surface area contributed by atoms with Crippen LogP contribution >= 0.6 is 0 Å². The van der Waals surface area contributed by atoms with Gasteiger partial charge in [0, 0.05) is 32.4 Å². The topological polar surface area (TPSA) is 6.48 Å². The normalized spacial score (nSPS) is 16.1. The van der Waals surface area contributed by atoms with Crippen LogP contribution in [0.3, 0.4) is 0 Å². The Bertz CT molecular complexity index is 503. The lowest BCUT2D eigenvalue weighted by molar-refractivity contribution is 0.139. The van der Waals surface area contributed by atoms with Gasteiger partial charge in [0.25, 0.3) is 0 Å². The minimum Gasteiger partial charge on any atom is -0.369 e. The summed E-state index contributed by atoms with van der Waals surface area (Å²) < 4.78 is 0. The summed E-state index contributed by atoms with van der Waals surface area (Å²) in [6.07, 6.45) is 0. The van der Waals surface area contributed by atoms with E-state index in [4.69, 9.17) is 0 Å². The Balaban J connectivity index is 1.53. The molecule has 2 nitrogen and oxygen atoms in total. The van der Waals surface area contributed by atoms with E-state index in [1.807, 2.05) is 0 Å². The highest BCUT2D eigenvalue weighted by Crippen LogP contribution is 2.22. The van der Waals surface area contributed by atoms with Crippen molar-refractivity contribution in [2.45, 2.75) is 12.6 Å². The maximum absolute atomic E-state index is 2.50. The van der Waals surface area contributed by atoms with Crippen molar-refractivity contribution in [3.05, 3.63) is 66.2 Å². The van der Waals surface area contributed by atoms with Crippen LogP contribution in [-0.4, -0.2) is 31.1 Å². The van der Waals surface area contributed by atoms with E-state index in [9.17, 15) is 0 Å². The summed E-state index contributed by atoms with van der Waals surface area (Å²) in [5, 5.41) is 0. The number of likely N-dealkylation sites (N-methyl/N-ethyl adjacent to an activating group) is 1. The third kappa shape index (κ3) is 2.79. The van der Waals surface area contributed by atoms with E-state index in [0.29, 0.717) is 6.04 Å². The molecule has 0 atom stereocenters. The third-order valence-corrected chi connectivity index (χ3v) is 3.90. The molecule has 0 aromatic heterocycles. The van der Waals surface area contributed by atoms with E-state index in [2.05, 4.69) is 77.5 Å². The van der Waals surface area contributed by atoms with Gasteiger partial charge in [-0.1, -0.05) is 48.5 Å². The van der Waals surface area contributed by atoms with E-state index in [1.54, 1.807) is 0 Å². The van der Waals surface area contributed by atoms with Gasteiger partial charge >= 0.3 is 0 Å². The van der Waals surface area contributed by atoms with Crippen molar-refractivity contribution in [3.63, 3.8) is 0 Å². The zero-order chi connectivity index (χ0) is 13.1. The highest BCUT2D eigenvalue weighted by Gasteiger charge is 2.29. The number of hydrogen-bond acceptors (Lipinski definition) is 2. The summed E-state index contributed by atoms with van der Waals surface area (Å²) in [6.45, 7) is 3.38. The van der Waals surface area contributed by atoms with Crippen molar-refractivity contribution < 1.29 is 0 Å². The molecule has 1 aliphatic rings. The average Bonchev–Trinajstić information content (AvgIpc) is 2.44. The third-order valence-electron chi connectivity index (χ3n) is 3.90. The summed E-state index contributed by atoms with van der Waals surface area (Å²) in [7, 11) is 2.19. The van der Waals surface area contributed by atoms with Gasteiger partial charge in [-0.25, -0.2) is 0 Å². The van der Waals surface area contributed by atoms with Crippen molar-refractivity contribution in [3.8, 4) is 0 Å². The monoisotopic (exact) mass is 252 g/mol. The predicted molar refractivity (Wildman–Crippen MR) is 80.4 cm³/mol. The van der Waals surface area contributed by atoms with E-state index in [1.165, 1.54) is 11.3 Å². The highest BCUT2D eigenvalue weighted by molar-refractivity contribution is 5.46. The number of anilines is 1. The number of para-hydroxylation sites is 1. The maximum Gasteiger partial charge on any atom is 0.0541 e. The lowest BCUT2D eigenvalue weighted by Crippen LogP contribution is -2.58. The first-order chi connectivity index (χ1) is 9.33. The number of rotatable bonds is 4. The van der Waals surface area contributed by atoms with E-state index in [0.717, 1.165) is 19.6 Å². The van der Waals surface area contributed by atoms with Gasteiger partial charge in [0.15, 0.2) is 0 Å². The van der Waals surface area contributed by atoms with Crippen LogP contribution < -0.4 is 4.90 Å². The van der Waals surface area contributed by atoms with Crippen LogP contribution in [0, 0.1) is 0 Å². The van der Waals surface area contributed by atoms with Gasteiger partial charge in [-0.3, -0.25) is 4.90 Å². The molecular formula is C17H20N2. The fourth-order valence-electron chi connectivity index (χ4n) is 2.63. The van der Waals surface area contributed by atoms with Gasteiger partial charge in [0.1, 0.15) is 0 Å². The summed E-state index contributed by atoms with van der Waals surface area (Å²) in [4.78, 5) is 4.89. The standard InChI is InChI=1S/C17H20N2/c1-18(16-10-6-3-7-11-16)17-13-19(14-17)12-15-8-4-2-5-9-15/h2-11,17H,12-14H2,1H3. The molecule has 2 heteroatoms. The molecule has 0 spiro atoms. The van der Waals surface area contributed by atoms with E-state index < -0.39 is 0 Å². The summed E-state index contributed by atoms with van der Waals surface area (Å²) in [5.41, 5.74) is 2.72. The summed E-state index contributed by atoms with van der Waals surface area (Å²) >= 11 is 0. The molecule has 0 saturated carbocycles. The predicted octanol–water partition coefficient (Wildman–Crippen LogP) is 3.01. The fourth-order valence-corrected chi connectivity index (χ4v) is 2.63. The molecule has 1 heterocycles. The molecule has 0 bridgehead atoms. The van der Waals surface area contributed by atoms with Crippen LogP contribution in [0.5, 0.6) is 0 Å². The number of nitrogens with zero attached hydrogens (tertiary/aromatic N) is 2. The van der Waals surface area contributed by atoms with Crippen molar-refractivity contribution >= 4 is 5.69 Å². The first-order valence-corrected chi connectivity index (χ1v) is 6.87. The number of likely N-dealkylation sites (tertiary alicyclic amines) is 1. The summed E-state index contributed by atoms with van der Waals surface area (Å²) in [5.74, 6) is 0. The molecule has 1 aliphatic heterocycles. The molecule has 1 fully saturated rings. The van der Waals surface area contributed by atoms with Gasteiger partial charge in [-0.2, -0.15) is 0 Å². The molecule has 0 radical (unpaired) electrons. The zero-order valence-electron chi connectivity index (χ0n) is 11.4. The molecule has 0 aliphatic carbocycles. The largest absolute Gasteiger partial charge is 0.369 e. The second-order valence-electron chi connectivity index (χ2n) is 5.28. The Morgan fingerprint density at radius 2 is 1.53 bits per heavy atom. The smallest absolute Gasteiger partial charge is 0.0541 e. The highest BCUT2D eigenvalue weighted by atomic mass is 15.3. The Morgan fingerprint density at radius 3 is 2.16 bits per heavy atom. The zero-order valence-corrected chi connectivity index (χ0v) is 11.4. The van der Waals surface area contributed by atoms with Gasteiger partial charge in [-0.15, -0.1) is 0 Å². The molecule has 2 aromatic rings. The van der Waals surface area contributed by atoms with Crippen LogP contribution in [-0.2, 0) is 6.54 Å². The molecule has 19 heavy (non-hydrogen) atoms. The second kappa shape index (κ2) is 5.45.